The van der Waals surface area contributed by atoms with Gasteiger partial charge in [-0.05, 0) is 49.1 Å². The molecule has 0 amide bonds. The lowest BCUT2D eigenvalue weighted by Gasteiger charge is -2.40. The molecule has 100 valence electrons. The van der Waals surface area contributed by atoms with Crippen LogP contribution in [0.1, 0.15) is 55.9 Å². The molecular weight excluding hydrogens is 264 g/mol. The van der Waals surface area contributed by atoms with Gasteiger partial charge in [0.05, 0.1) is 10.4 Å². The van der Waals surface area contributed by atoms with E-state index in [9.17, 15) is 5.11 Å². The van der Waals surface area contributed by atoms with Crippen molar-refractivity contribution in [3.63, 3.8) is 0 Å². The lowest BCUT2D eigenvalue weighted by molar-refractivity contribution is 0.0368. The predicted octanol–water partition coefficient (Wildman–Crippen LogP) is 5.04. The van der Waals surface area contributed by atoms with Gasteiger partial charge >= 0.3 is 0 Å². The number of thiophene rings is 1. The molecule has 2 saturated carbocycles. The molecular formula is C15H21ClOS. The maximum absolute atomic E-state index is 10.5. The van der Waals surface area contributed by atoms with E-state index >= 15 is 0 Å². The molecule has 4 unspecified atom stereocenters. The Morgan fingerprint density at radius 3 is 2.61 bits per heavy atom. The Morgan fingerprint density at radius 2 is 1.89 bits per heavy atom. The van der Waals surface area contributed by atoms with Crippen LogP contribution in [0, 0.1) is 17.8 Å². The number of rotatable bonds is 2. The van der Waals surface area contributed by atoms with E-state index in [-0.39, 0.29) is 6.10 Å². The summed E-state index contributed by atoms with van der Waals surface area (Å²) >= 11 is 7.50. The lowest BCUT2D eigenvalue weighted by atomic mass is 9.66. The van der Waals surface area contributed by atoms with Gasteiger partial charge in [-0.1, -0.05) is 37.3 Å². The van der Waals surface area contributed by atoms with Gasteiger partial charge < -0.3 is 5.11 Å². The molecule has 2 aliphatic rings. The maximum atomic E-state index is 10.5. The van der Waals surface area contributed by atoms with Crippen LogP contribution in [0.15, 0.2) is 12.1 Å². The first kappa shape index (κ1) is 13.0. The summed E-state index contributed by atoms with van der Waals surface area (Å²) in [5.74, 6) is 2.29. The van der Waals surface area contributed by atoms with Crippen molar-refractivity contribution in [2.75, 3.05) is 0 Å². The molecule has 4 atom stereocenters. The first-order valence-corrected chi connectivity index (χ1v) is 8.37. The Balaban J connectivity index is 1.66. The maximum Gasteiger partial charge on any atom is 0.0932 e. The Morgan fingerprint density at radius 1 is 1.11 bits per heavy atom. The standard InChI is InChI=1S/C15H21ClOS/c16-14-8-7-13(18-14)15(17)12-6-5-10-3-1-2-4-11(10)9-12/h7-8,10-12,15,17H,1-6,9H2. The minimum atomic E-state index is -0.287. The Labute approximate surface area is 118 Å². The molecule has 0 aromatic carbocycles. The summed E-state index contributed by atoms with van der Waals surface area (Å²) in [7, 11) is 0. The van der Waals surface area contributed by atoms with Crippen molar-refractivity contribution in [2.45, 2.75) is 51.0 Å². The van der Waals surface area contributed by atoms with E-state index < -0.39 is 0 Å². The zero-order chi connectivity index (χ0) is 12.5. The highest BCUT2D eigenvalue weighted by atomic mass is 35.5. The van der Waals surface area contributed by atoms with Gasteiger partial charge in [-0.2, -0.15) is 0 Å². The fourth-order valence-corrected chi connectivity index (χ4v) is 5.06. The van der Waals surface area contributed by atoms with Crippen molar-refractivity contribution >= 4 is 22.9 Å². The van der Waals surface area contributed by atoms with E-state index in [1.165, 1.54) is 56.3 Å². The van der Waals surface area contributed by atoms with E-state index in [4.69, 9.17) is 11.6 Å². The Hall–Kier alpha value is -0.0500. The summed E-state index contributed by atoms with van der Waals surface area (Å²) in [6.07, 6.45) is 9.09. The zero-order valence-electron chi connectivity index (χ0n) is 10.6. The van der Waals surface area contributed by atoms with Crippen molar-refractivity contribution in [3.8, 4) is 0 Å². The first-order valence-electron chi connectivity index (χ1n) is 7.17. The summed E-state index contributed by atoms with van der Waals surface area (Å²) in [4.78, 5) is 1.05. The van der Waals surface area contributed by atoms with Crippen molar-refractivity contribution in [1.82, 2.24) is 0 Å². The molecule has 0 saturated heterocycles. The average molecular weight is 285 g/mol. The number of hydrogen-bond donors (Lipinski definition) is 1. The van der Waals surface area contributed by atoms with Crippen LogP contribution in [-0.2, 0) is 0 Å². The second kappa shape index (κ2) is 5.52. The smallest absolute Gasteiger partial charge is 0.0932 e. The van der Waals surface area contributed by atoms with E-state index in [1.54, 1.807) is 0 Å². The fraction of sp³-hybridized carbons (Fsp3) is 0.733. The number of aliphatic hydroxyl groups excluding tert-OH is 1. The summed E-state index contributed by atoms with van der Waals surface area (Å²) in [5, 5.41) is 10.5. The molecule has 1 aromatic rings. The Kier molecular flexibility index (Phi) is 3.97. The molecule has 3 heteroatoms. The number of aliphatic hydroxyl groups is 1. The van der Waals surface area contributed by atoms with Crippen molar-refractivity contribution < 1.29 is 5.11 Å². The van der Waals surface area contributed by atoms with Gasteiger partial charge in [-0.15, -0.1) is 11.3 Å². The van der Waals surface area contributed by atoms with Gasteiger partial charge in [0, 0.05) is 4.88 Å². The van der Waals surface area contributed by atoms with Gasteiger partial charge in [0.25, 0.3) is 0 Å². The second-order valence-electron chi connectivity index (χ2n) is 5.96. The van der Waals surface area contributed by atoms with Gasteiger partial charge in [-0.25, -0.2) is 0 Å². The quantitative estimate of drug-likeness (QED) is 0.806. The highest BCUT2D eigenvalue weighted by Crippen LogP contribution is 2.47. The third-order valence-electron chi connectivity index (χ3n) is 4.91. The first-order chi connectivity index (χ1) is 8.74. The van der Waals surface area contributed by atoms with E-state index in [2.05, 4.69) is 0 Å². The lowest BCUT2D eigenvalue weighted by Crippen LogP contribution is -2.30. The minimum Gasteiger partial charge on any atom is -0.387 e. The fourth-order valence-electron chi connectivity index (χ4n) is 3.92. The average Bonchev–Trinajstić information content (AvgIpc) is 2.84. The molecule has 1 aromatic heterocycles. The van der Waals surface area contributed by atoms with E-state index in [0.717, 1.165) is 21.0 Å². The summed E-state index contributed by atoms with van der Waals surface area (Å²) in [6, 6.07) is 3.89. The van der Waals surface area contributed by atoms with E-state index in [0.29, 0.717) is 5.92 Å². The monoisotopic (exact) mass is 284 g/mol. The predicted molar refractivity (Wildman–Crippen MR) is 77.1 cm³/mol. The van der Waals surface area contributed by atoms with Crippen LogP contribution in [0.3, 0.4) is 0 Å². The summed E-state index contributed by atoms with van der Waals surface area (Å²) in [6.45, 7) is 0. The summed E-state index contributed by atoms with van der Waals surface area (Å²) < 4.78 is 0.787. The van der Waals surface area contributed by atoms with Gasteiger partial charge in [-0.3, -0.25) is 0 Å². The molecule has 0 aliphatic heterocycles. The molecule has 3 rings (SSSR count). The van der Waals surface area contributed by atoms with Crippen LogP contribution in [0.4, 0.5) is 0 Å². The normalized spacial score (nSPS) is 34.0. The third kappa shape index (κ3) is 2.61. The highest BCUT2D eigenvalue weighted by molar-refractivity contribution is 7.16. The van der Waals surface area contributed by atoms with Crippen molar-refractivity contribution in [1.29, 1.82) is 0 Å². The topological polar surface area (TPSA) is 20.2 Å². The summed E-state index contributed by atoms with van der Waals surface area (Å²) in [5.41, 5.74) is 0. The van der Waals surface area contributed by atoms with Crippen LogP contribution in [0.2, 0.25) is 4.34 Å². The molecule has 1 heterocycles. The molecule has 2 aliphatic carbocycles. The SMILES string of the molecule is OC(c1ccc(Cl)s1)C1CCC2CCCCC2C1. The molecule has 1 nitrogen and oxygen atoms in total. The van der Waals surface area contributed by atoms with Crippen LogP contribution >= 0.6 is 22.9 Å². The molecule has 2 fully saturated rings. The number of fused-ring (bicyclic) bond motifs is 1. The van der Waals surface area contributed by atoms with Gasteiger partial charge in [0.2, 0.25) is 0 Å². The van der Waals surface area contributed by atoms with Gasteiger partial charge in [0.15, 0.2) is 0 Å². The molecule has 0 bridgehead atoms. The highest BCUT2D eigenvalue weighted by Gasteiger charge is 2.35. The third-order valence-corrected chi connectivity index (χ3v) is 6.21. The molecule has 0 spiro atoms. The van der Waals surface area contributed by atoms with Gasteiger partial charge in [0.1, 0.15) is 0 Å². The molecule has 18 heavy (non-hydrogen) atoms. The zero-order valence-corrected chi connectivity index (χ0v) is 12.2. The van der Waals surface area contributed by atoms with E-state index in [1.807, 2.05) is 12.1 Å². The van der Waals surface area contributed by atoms with Crippen LogP contribution in [0.5, 0.6) is 0 Å². The second-order valence-corrected chi connectivity index (χ2v) is 7.71. The van der Waals surface area contributed by atoms with Crippen molar-refractivity contribution in [3.05, 3.63) is 21.3 Å². The largest absolute Gasteiger partial charge is 0.387 e. The van der Waals surface area contributed by atoms with Crippen molar-refractivity contribution in [2.24, 2.45) is 17.8 Å². The molecule has 1 N–H and O–H groups in total. The number of hydrogen-bond acceptors (Lipinski definition) is 2. The van der Waals surface area contributed by atoms with Crippen LogP contribution in [-0.4, -0.2) is 5.11 Å². The minimum absolute atomic E-state index is 0.287. The molecule has 0 radical (unpaired) electrons. The van der Waals surface area contributed by atoms with Crippen LogP contribution < -0.4 is 0 Å². The van der Waals surface area contributed by atoms with Crippen LogP contribution in [0.25, 0.3) is 0 Å². The Bertz CT molecular complexity index is 403. The number of halogens is 1.